The standard InChI is InChI=1S/C12H13ClN2O2/c1-5-6(2)12(16)11(13)7(3)10(5)8-4-9(14)15-17-8/h4,16H,1-3H3,(H2,14,15). The molecule has 0 aliphatic carbocycles. The normalized spacial score (nSPS) is 10.8. The zero-order valence-corrected chi connectivity index (χ0v) is 10.6. The number of rotatable bonds is 1. The number of anilines is 1. The molecule has 0 unspecified atom stereocenters. The van der Waals surface area contributed by atoms with Crippen LogP contribution in [-0.4, -0.2) is 10.3 Å². The van der Waals surface area contributed by atoms with Crippen molar-refractivity contribution in [2.24, 2.45) is 0 Å². The molecule has 0 saturated carbocycles. The van der Waals surface area contributed by atoms with E-state index in [4.69, 9.17) is 21.9 Å². The summed E-state index contributed by atoms with van der Waals surface area (Å²) < 4.78 is 5.15. The number of benzene rings is 1. The first-order chi connectivity index (χ1) is 7.93. The van der Waals surface area contributed by atoms with Gasteiger partial charge >= 0.3 is 0 Å². The molecule has 1 heterocycles. The lowest BCUT2D eigenvalue weighted by molar-refractivity contribution is 0.435. The number of phenols is 1. The maximum atomic E-state index is 9.84. The van der Waals surface area contributed by atoms with Gasteiger partial charge in [-0.2, -0.15) is 0 Å². The van der Waals surface area contributed by atoms with Crippen molar-refractivity contribution in [2.45, 2.75) is 20.8 Å². The molecule has 17 heavy (non-hydrogen) atoms. The predicted molar refractivity (Wildman–Crippen MR) is 67.2 cm³/mol. The van der Waals surface area contributed by atoms with Crippen LogP contribution in [0.4, 0.5) is 5.82 Å². The van der Waals surface area contributed by atoms with Gasteiger partial charge < -0.3 is 15.4 Å². The Morgan fingerprint density at radius 1 is 1.24 bits per heavy atom. The number of hydrogen-bond acceptors (Lipinski definition) is 4. The molecule has 0 spiro atoms. The first-order valence-electron chi connectivity index (χ1n) is 5.14. The molecule has 2 rings (SSSR count). The smallest absolute Gasteiger partial charge is 0.169 e. The highest BCUT2D eigenvalue weighted by Crippen LogP contribution is 2.40. The fourth-order valence-corrected chi connectivity index (χ4v) is 2.11. The summed E-state index contributed by atoms with van der Waals surface area (Å²) in [6.07, 6.45) is 0. The minimum absolute atomic E-state index is 0.109. The van der Waals surface area contributed by atoms with Crippen LogP contribution in [0, 0.1) is 20.8 Å². The molecule has 0 bridgehead atoms. The van der Waals surface area contributed by atoms with E-state index in [2.05, 4.69) is 5.16 Å². The van der Waals surface area contributed by atoms with Gasteiger partial charge in [-0.05, 0) is 37.5 Å². The van der Waals surface area contributed by atoms with Crippen LogP contribution in [0.2, 0.25) is 5.02 Å². The molecule has 3 N–H and O–H groups in total. The van der Waals surface area contributed by atoms with E-state index in [1.807, 2.05) is 13.8 Å². The average molecular weight is 253 g/mol. The molecule has 0 radical (unpaired) electrons. The highest BCUT2D eigenvalue weighted by atomic mass is 35.5. The van der Waals surface area contributed by atoms with Crippen molar-refractivity contribution in [3.8, 4) is 17.1 Å². The molecule has 0 aliphatic heterocycles. The topological polar surface area (TPSA) is 72.3 Å². The van der Waals surface area contributed by atoms with Crippen molar-refractivity contribution >= 4 is 17.4 Å². The fourth-order valence-electron chi connectivity index (χ4n) is 1.87. The van der Waals surface area contributed by atoms with E-state index in [0.29, 0.717) is 16.6 Å². The largest absolute Gasteiger partial charge is 0.506 e. The summed E-state index contributed by atoms with van der Waals surface area (Å²) >= 11 is 6.07. The van der Waals surface area contributed by atoms with Crippen LogP contribution in [0.3, 0.4) is 0 Å². The Morgan fingerprint density at radius 2 is 1.88 bits per heavy atom. The van der Waals surface area contributed by atoms with E-state index < -0.39 is 0 Å². The van der Waals surface area contributed by atoms with Crippen LogP contribution in [0.15, 0.2) is 10.6 Å². The summed E-state index contributed by atoms with van der Waals surface area (Å²) in [6, 6.07) is 1.64. The van der Waals surface area contributed by atoms with Crippen LogP contribution in [0.5, 0.6) is 5.75 Å². The Hall–Kier alpha value is -1.68. The molecule has 5 heteroatoms. The molecule has 4 nitrogen and oxygen atoms in total. The Kier molecular flexibility index (Phi) is 2.75. The predicted octanol–water partition coefficient (Wildman–Crippen LogP) is 3.21. The Bertz CT molecular complexity index is 561. The van der Waals surface area contributed by atoms with Crippen molar-refractivity contribution in [3.05, 3.63) is 27.8 Å². The Labute approximate surface area is 104 Å². The van der Waals surface area contributed by atoms with Crippen molar-refractivity contribution in [3.63, 3.8) is 0 Å². The molecule has 0 fully saturated rings. The van der Waals surface area contributed by atoms with Gasteiger partial charge in [-0.25, -0.2) is 0 Å². The van der Waals surface area contributed by atoms with Gasteiger partial charge in [0.2, 0.25) is 0 Å². The summed E-state index contributed by atoms with van der Waals surface area (Å²) in [5, 5.41) is 13.8. The van der Waals surface area contributed by atoms with Gasteiger partial charge in [0, 0.05) is 11.6 Å². The van der Waals surface area contributed by atoms with Crippen molar-refractivity contribution in [1.29, 1.82) is 0 Å². The number of nitrogen functional groups attached to an aromatic ring is 1. The van der Waals surface area contributed by atoms with E-state index in [1.54, 1.807) is 13.0 Å². The van der Waals surface area contributed by atoms with Gasteiger partial charge in [0.15, 0.2) is 11.6 Å². The highest BCUT2D eigenvalue weighted by Gasteiger charge is 2.19. The van der Waals surface area contributed by atoms with E-state index in [1.165, 1.54) is 0 Å². The average Bonchev–Trinajstić information content (AvgIpc) is 2.71. The maximum absolute atomic E-state index is 9.84. The lowest BCUT2D eigenvalue weighted by Gasteiger charge is -2.13. The van der Waals surface area contributed by atoms with Crippen LogP contribution in [0.1, 0.15) is 16.7 Å². The SMILES string of the molecule is Cc1c(C)c(-c2cc(N)no2)c(C)c(Cl)c1O. The van der Waals surface area contributed by atoms with Gasteiger partial charge in [-0.15, -0.1) is 0 Å². The number of nitrogens with zero attached hydrogens (tertiary/aromatic N) is 1. The quantitative estimate of drug-likeness (QED) is 0.817. The maximum Gasteiger partial charge on any atom is 0.169 e. The van der Waals surface area contributed by atoms with E-state index in [0.717, 1.165) is 22.3 Å². The minimum atomic E-state index is 0.109. The number of aromatic nitrogens is 1. The van der Waals surface area contributed by atoms with Crippen LogP contribution in [0.25, 0.3) is 11.3 Å². The van der Waals surface area contributed by atoms with Gasteiger partial charge in [0.05, 0.1) is 5.02 Å². The van der Waals surface area contributed by atoms with Gasteiger partial charge in [0.1, 0.15) is 5.75 Å². The van der Waals surface area contributed by atoms with Crippen LogP contribution in [-0.2, 0) is 0 Å². The Morgan fingerprint density at radius 3 is 2.41 bits per heavy atom. The molecule has 0 saturated heterocycles. The lowest BCUT2D eigenvalue weighted by atomic mass is 9.95. The zero-order chi connectivity index (χ0) is 12.7. The van der Waals surface area contributed by atoms with E-state index in [-0.39, 0.29) is 5.75 Å². The van der Waals surface area contributed by atoms with Gasteiger partial charge in [-0.1, -0.05) is 16.8 Å². The molecule has 0 aliphatic rings. The number of phenolic OH excluding ortho intramolecular Hbond substituents is 1. The third kappa shape index (κ3) is 1.74. The second-order valence-corrected chi connectivity index (χ2v) is 4.41. The molecule has 2 aromatic rings. The van der Waals surface area contributed by atoms with Crippen LogP contribution >= 0.6 is 11.6 Å². The first-order valence-corrected chi connectivity index (χ1v) is 5.52. The second-order valence-electron chi connectivity index (χ2n) is 4.03. The molecule has 1 aromatic heterocycles. The number of aromatic hydroxyl groups is 1. The van der Waals surface area contributed by atoms with Crippen molar-refractivity contribution in [2.75, 3.05) is 5.73 Å². The summed E-state index contributed by atoms with van der Waals surface area (Å²) in [5.41, 5.74) is 8.75. The van der Waals surface area contributed by atoms with Crippen molar-refractivity contribution in [1.82, 2.24) is 5.16 Å². The van der Waals surface area contributed by atoms with E-state index in [9.17, 15) is 5.11 Å². The molecular weight excluding hydrogens is 240 g/mol. The summed E-state index contributed by atoms with van der Waals surface area (Å²) in [6.45, 7) is 5.52. The second kappa shape index (κ2) is 3.96. The third-order valence-electron chi connectivity index (χ3n) is 2.98. The third-order valence-corrected chi connectivity index (χ3v) is 3.44. The monoisotopic (exact) mass is 252 g/mol. The minimum Gasteiger partial charge on any atom is -0.506 e. The first kappa shape index (κ1) is 11.8. The summed E-state index contributed by atoms with van der Waals surface area (Å²) in [7, 11) is 0. The molecule has 0 amide bonds. The molecule has 1 aromatic carbocycles. The van der Waals surface area contributed by atoms with Crippen LogP contribution < -0.4 is 5.73 Å². The van der Waals surface area contributed by atoms with Crippen molar-refractivity contribution < 1.29 is 9.63 Å². The fraction of sp³-hybridized carbons (Fsp3) is 0.250. The number of halogens is 1. The van der Waals surface area contributed by atoms with Gasteiger partial charge in [0.25, 0.3) is 0 Å². The number of hydrogen-bond donors (Lipinski definition) is 2. The molecule has 0 atom stereocenters. The highest BCUT2D eigenvalue weighted by molar-refractivity contribution is 6.33. The summed E-state index contributed by atoms with van der Waals surface area (Å²) in [5.74, 6) is 0.987. The zero-order valence-electron chi connectivity index (χ0n) is 9.84. The Balaban J connectivity index is 2.78. The summed E-state index contributed by atoms with van der Waals surface area (Å²) in [4.78, 5) is 0. The molecule has 90 valence electrons. The number of nitrogens with two attached hydrogens (primary N) is 1. The molecular formula is C12H13ClN2O2. The lowest BCUT2D eigenvalue weighted by Crippen LogP contribution is -1.93. The van der Waals surface area contributed by atoms with Gasteiger partial charge in [-0.3, -0.25) is 0 Å². The van der Waals surface area contributed by atoms with E-state index >= 15 is 0 Å².